The number of halogens is 1. The van der Waals surface area contributed by atoms with Gasteiger partial charge < -0.3 is 10.0 Å². The van der Waals surface area contributed by atoms with Gasteiger partial charge in [-0.3, -0.25) is 4.79 Å². The number of anilines is 1. The first-order chi connectivity index (χ1) is 8.63. The Labute approximate surface area is 104 Å². The lowest BCUT2D eigenvalue weighted by Gasteiger charge is -2.26. The lowest BCUT2D eigenvalue weighted by atomic mass is 10.1. The number of carboxylic acid groups (broad SMARTS) is 1. The molecule has 0 amide bonds. The highest BCUT2D eigenvalue weighted by Gasteiger charge is 2.28. The molecular weight excluding hydrogens is 235 g/mol. The molecule has 1 aromatic carbocycles. The van der Waals surface area contributed by atoms with Crippen LogP contribution in [-0.2, 0) is 4.79 Å². The Bertz CT molecular complexity index is 510. The predicted octanol–water partition coefficient (Wildman–Crippen LogP) is 2.14. The minimum atomic E-state index is -0.873. The van der Waals surface area contributed by atoms with Crippen LogP contribution in [0.2, 0.25) is 0 Å². The molecule has 0 saturated carbocycles. The highest BCUT2D eigenvalue weighted by molar-refractivity contribution is 5.69. The maximum Gasteiger partial charge on any atom is 0.305 e. The van der Waals surface area contributed by atoms with Gasteiger partial charge >= 0.3 is 5.97 Å². The lowest BCUT2D eigenvalue weighted by molar-refractivity contribution is -0.137. The van der Waals surface area contributed by atoms with E-state index >= 15 is 0 Å². The summed E-state index contributed by atoms with van der Waals surface area (Å²) in [6, 6.07) is 6.15. The van der Waals surface area contributed by atoms with E-state index in [1.165, 1.54) is 6.07 Å². The van der Waals surface area contributed by atoms with Gasteiger partial charge in [-0.1, -0.05) is 6.07 Å². The lowest BCUT2D eigenvalue weighted by Crippen LogP contribution is -2.31. The highest BCUT2D eigenvalue weighted by Crippen LogP contribution is 2.30. The molecule has 1 N–H and O–H groups in total. The van der Waals surface area contributed by atoms with Gasteiger partial charge in [-0.25, -0.2) is 4.39 Å². The summed E-state index contributed by atoms with van der Waals surface area (Å²) >= 11 is 0. The molecule has 1 fully saturated rings. The maximum atomic E-state index is 13.5. The van der Waals surface area contributed by atoms with E-state index in [9.17, 15) is 9.18 Å². The number of hydrogen-bond donors (Lipinski definition) is 1. The second-order valence-electron chi connectivity index (χ2n) is 4.33. The fourth-order valence-corrected chi connectivity index (χ4v) is 2.43. The van der Waals surface area contributed by atoms with Crippen LogP contribution in [0.5, 0.6) is 0 Å². The van der Waals surface area contributed by atoms with Crippen molar-refractivity contribution in [3.05, 3.63) is 29.6 Å². The zero-order valence-corrected chi connectivity index (χ0v) is 9.77. The third-order valence-electron chi connectivity index (χ3n) is 3.20. The van der Waals surface area contributed by atoms with Gasteiger partial charge in [0.25, 0.3) is 0 Å². The van der Waals surface area contributed by atoms with Crippen LogP contribution >= 0.6 is 0 Å². The van der Waals surface area contributed by atoms with Crippen LogP contribution in [-0.4, -0.2) is 23.7 Å². The van der Waals surface area contributed by atoms with Gasteiger partial charge in [0.15, 0.2) is 0 Å². The van der Waals surface area contributed by atoms with E-state index in [0.29, 0.717) is 12.2 Å². The van der Waals surface area contributed by atoms with Crippen LogP contribution in [0.25, 0.3) is 0 Å². The third kappa shape index (κ3) is 2.28. The van der Waals surface area contributed by atoms with Crippen molar-refractivity contribution in [3.63, 3.8) is 0 Å². The van der Waals surface area contributed by atoms with Gasteiger partial charge in [0.2, 0.25) is 0 Å². The van der Waals surface area contributed by atoms with Gasteiger partial charge in [-0.05, 0) is 25.0 Å². The van der Waals surface area contributed by atoms with Crippen LogP contribution < -0.4 is 4.90 Å². The molecule has 1 atom stereocenters. The van der Waals surface area contributed by atoms with Gasteiger partial charge in [0, 0.05) is 12.6 Å². The van der Waals surface area contributed by atoms with Crippen LogP contribution in [0.15, 0.2) is 18.2 Å². The fourth-order valence-electron chi connectivity index (χ4n) is 2.43. The van der Waals surface area contributed by atoms with Gasteiger partial charge in [0.1, 0.15) is 17.4 Å². The molecule has 94 valence electrons. The first kappa shape index (κ1) is 12.4. The van der Waals surface area contributed by atoms with E-state index in [2.05, 4.69) is 0 Å². The highest BCUT2D eigenvalue weighted by atomic mass is 19.1. The Morgan fingerprint density at radius 2 is 2.39 bits per heavy atom. The number of carboxylic acids is 1. The minimum absolute atomic E-state index is 0.00483. The fraction of sp³-hybridized carbons (Fsp3) is 0.385. The second kappa shape index (κ2) is 5.05. The third-order valence-corrected chi connectivity index (χ3v) is 3.20. The molecule has 1 heterocycles. The standard InChI is InChI=1S/C13H13FN2O2/c14-11-4-1-5-12(10(11)8-15)16-6-2-3-9(16)7-13(17)18/h1,4-5,9H,2-3,6-7H2,(H,17,18). The molecule has 1 aliphatic heterocycles. The van der Waals surface area contributed by atoms with Crippen LogP contribution in [0.3, 0.4) is 0 Å². The molecule has 5 heteroatoms. The normalized spacial score (nSPS) is 18.7. The van der Waals surface area contributed by atoms with E-state index in [1.54, 1.807) is 12.1 Å². The molecule has 1 aromatic rings. The van der Waals surface area contributed by atoms with E-state index in [1.807, 2.05) is 11.0 Å². The number of aliphatic carboxylic acids is 1. The molecule has 1 unspecified atom stereocenters. The summed E-state index contributed by atoms with van der Waals surface area (Å²) in [5.74, 6) is -1.43. The molecule has 0 bridgehead atoms. The van der Waals surface area contributed by atoms with Crippen molar-refractivity contribution >= 4 is 11.7 Å². The summed E-state index contributed by atoms with van der Waals surface area (Å²) in [5.41, 5.74) is 0.496. The number of nitrogens with zero attached hydrogens (tertiary/aromatic N) is 2. The van der Waals surface area contributed by atoms with Crippen molar-refractivity contribution in [1.29, 1.82) is 5.26 Å². The summed E-state index contributed by atoms with van der Waals surface area (Å²) in [6.07, 6.45) is 1.63. The molecule has 2 rings (SSSR count). The summed E-state index contributed by atoms with van der Waals surface area (Å²) in [5, 5.41) is 17.8. The van der Waals surface area contributed by atoms with E-state index in [4.69, 9.17) is 10.4 Å². The molecule has 0 aliphatic carbocycles. The Kier molecular flexibility index (Phi) is 3.47. The topological polar surface area (TPSA) is 64.3 Å². The van der Waals surface area contributed by atoms with Crippen molar-refractivity contribution in [2.45, 2.75) is 25.3 Å². The summed E-state index contributed by atoms with van der Waals surface area (Å²) in [6.45, 7) is 0.663. The van der Waals surface area contributed by atoms with Crippen molar-refractivity contribution in [1.82, 2.24) is 0 Å². The molecule has 0 spiro atoms. The zero-order chi connectivity index (χ0) is 13.1. The predicted molar refractivity (Wildman–Crippen MR) is 63.7 cm³/mol. The van der Waals surface area contributed by atoms with E-state index < -0.39 is 11.8 Å². The van der Waals surface area contributed by atoms with Crippen LogP contribution in [0.1, 0.15) is 24.8 Å². The first-order valence-electron chi connectivity index (χ1n) is 5.80. The number of nitriles is 1. The van der Waals surface area contributed by atoms with E-state index in [0.717, 1.165) is 12.8 Å². The van der Waals surface area contributed by atoms with Crippen molar-refractivity contribution in [2.24, 2.45) is 0 Å². The van der Waals surface area contributed by atoms with Crippen molar-refractivity contribution in [3.8, 4) is 6.07 Å². The number of hydrogen-bond acceptors (Lipinski definition) is 3. The quantitative estimate of drug-likeness (QED) is 0.890. The van der Waals surface area contributed by atoms with Gasteiger partial charge in [-0.15, -0.1) is 0 Å². The molecular formula is C13H13FN2O2. The van der Waals surface area contributed by atoms with Crippen molar-refractivity contribution < 1.29 is 14.3 Å². The molecule has 1 aliphatic rings. The molecule has 0 radical (unpaired) electrons. The summed E-state index contributed by atoms with van der Waals surface area (Å²) in [4.78, 5) is 12.6. The van der Waals surface area contributed by atoms with Crippen LogP contribution in [0.4, 0.5) is 10.1 Å². The number of benzene rings is 1. The average Bonchev–Trinajstić information content (AvgIpc) is 2.75. The SMILES string of the molecule is N#Cc1c(F)cccc1N1CCCC1CC(=O)O. The maximum absolute atomic E-state index is 13.5. The smallest absolute Gasteiger partial charge is 0.305 e. The Balaban J connectivity index is 2.33. The van der Waals surface area contributed by atoms with E-state index in [-0.39, 0.29) is 18.0 Å². The van der Waals surface area contributed by atoms with Gasteiger partial charge in [-0.2, -0.15) is 5.26 Å². The monoisotopic (exact) mass is 248 g/mol. The Hall–Kier alpha value is -2.09. The summed E-state index contributed by atoms with van der Waals surface area (Å²) < 4.78 is 13.5. The average molecular weight is 248 g/mol. The van der Waals surface area contributed by atoms with Gasteiger partial charge in [0.05, 0.1) is 12.1 Å². The number of rotatable bonds is 3. The largest absolute Gasteiger partial charge is 0.481 e. The Morgan fingerprint density at radius 1 is 1.61 bits per heavy atom. The van der Waals surface area contributed by atoms with Crippen LogP contribution in [0, 0.1) is 17.1 Å². The second-order valence-corrected chi connectivity index (χ2v) is 4.33. The molecule has 18 heavy (non-hydrogen) atoms. The minimum Gasteiger partial charge on any atom is -0.481 e. The molecule has 1 saturated heterocycles. The molecule has 0 aromatic heterocycles. The van der Waals surface area contributed by atoms with Crippen molar-refractivity contribution in [2.75, 3.05) is 11.4 Å². The zero-order valence-electron chi connectivity index (χ0n) is 9.77. The Morgan fingerprint density at radius 3 is 3.06 bits per heavy atom. The first-order valence-corrected chi connectivity index (χ1v) is 5.80. The summed E-state index contributed by atoms with van der Waals surface area (Å²) in [7, 11) is 0. The molecule has 4 nitrogen and oxygen atoms in total. The number of carbonyl (C=O) groups is 1.